The Kier molecular flexibility index (Phi) is 5.04. The predicted octanol–water partition coefficient (Wildman–Crippen LogP) is 3.36. The van der Waals surface area contributed by atoms with Crippen molar-refractivity contribution < 1.29 is 13.2 Å². The number of fused-ring (bicyclic) bond motifs is 1. The molecule has 128 valence electrons. The Hall–Kier alpha value is -1.69. The minimum atomic E-state index is -3.49. The predicted molar refractivity (Wildman–Crippen MR) is 94.1 cm³/mol. The monoisotopic (exact) mass is 345 g/mol. The molecule has 1 aliphatic heterocycles. The fraction of sp³-hybridized carbons (Fsp3) is 0.368. The van der Waals surface area contributed by atoms with Crippen LogP contribution in [0.25, 0.3) is 0 Å². The van der Waals surface area contributed by atoms with Gasteiger partial charge in [0.2, 0.25) is 10.0 Å². The summed E-state index contributed by atoms with van der Waals surface area (Å²) in [7, 11) is -3.49. The molecule has 5 heteroatoms. The van der Waals surface area contributed by atoms with Crippen molar-refractivity contribution >= 4 is 10.0 Å². The Balaban J connectivity index is 1.82. The lowest BCUT2D eigenvalue weighted by Crippen LogP contribution is -2.35. The molecule has 0 aromatic heterocycles. The molecule has 0 unspecified atom stereocenters. The van der Waals surface area contributed by atoms with E-state index in [1.54, 1.807) is 22.5 Å². The number of hydrogen-bond acceptors (Lipinski definition) is 3. The standard InChI is InChI=1S/C19H23NO3S/c1-15(2)23-14-16-6-5-9-19(12-16)24(21,22)20-11-10-17-7-3-4-8-18(17)13-20/h3-9,12,15H,10-11,13-14H2,1-2H3. The molecule has 2 aromatic carbocycles. The number of sulfonamides is 1. The molecule has 0 fully saturated rings. The molecule has 3 rings (SSSR count). The zero-order valence-electron chi connectivity index (χ0n) is 14.1. The Bertz CT molecular complexity index is 815. The van der Waals surface area contributed by atoms with Crippen molar-refractivity contribution in [2.45, 2.75) is 44.4 Å². The Morgan fingerprint density at radius 1 is 1.08 bits per heavy atom. The second-order valence-electron chi connectivity index (χ2n) is 6.36. The smallest absolute Gasteiger partial charge is 0.243 e. The molecule has 4 nitrogen and oxygen atoms in total. The first kappa shape index (κ1) is 17.1. The van der Waals surface area contributed by atoms with E-state index in [1.807, 2.05) is 38.1 Å². The van der Waals surface area contributed by atoms with Gasteiger partial charge >= 0.3 is 0 Å². The van der Waals surface area contributed by atoms with Crippen LogP contribution >= 0.6 is 0 Å². The summed E-state index contributed by atoms with van der Waals surface area (Å²) in [5.41, 5.74) is 3.21. The second-order valence-corrected chi connectivity index (χ2v) is 8.30. The van der Waals surface area contributed by atoms with Crippen LogP contribution in [0.15, 0.2) is 53.4 Å². The maximum Gasteiger partial charge on any atom is 0.243 e. The van der Waals surface area contributed by atoms with Crippen molar-refractivity contribution in [3.8, 4) is 0 Å². The molecule has 0 spiro atoms. The molecule has 1 heterocycles. The van der Waals surface area contributed by atoms with E-state index in [0.29, 0.717) is 24.6 Å². The summed E-state index contributed by atoms with van der Waals surface area (Å²) in [5, 5.41) is 0. The normalized spacial score (nSPS) is 15.5. The molecule has 0 aliphatic carbocycles. The molecule has 0 bridgehead atoms. The van der Waals surface area contributed by atoms with Gasteiger partial charge in [0.15, 0.2) is 0 Å². The van der Waals surface area contributed by atoms with E-state index >= 15 is 0 Å². The van der Waals surface area contributed by atoms with Gasteiger partial charge in [-0.05, 0) is 49.1 Å². The maximum atomic E-state index is 13.0. The summed E-state index contributed by atoms with van der Waals surface area (Å²) in [6.07, 6.45) is 0.870. The SMILES string of the molecule is CC(C)OCc1cccc(S(=O)(=O)N2CCc3ccccc3C2)c1. The van der Waals surface area contributed by atoms with Crippen molar-refractivity contribution in [2.24, 2.45) is 0 Å². The van der Waals surface area contributed by atoms with Gasteiger partial charge in [-0.2, -0.15) is 4.31 Å². The van der Waals surface area contributed by atoms with Gasteiger partial charge in [-0.1, -0.05) is 36.4 Å². The summed E-state index contributed by atoms with van der Waals surface area (Å²) >= 11 is 0. The van der Waals surface area contributed by atoms with E-state index in [0.717, 1.165) is 17.5 Å². The first-order valence-corrected chi connectivity index (χ1v) is 9.68. The van der Waals surface area contributed by atoms with Crippen LogP contribution in [-0.4, -0.2) is 25.4 Å². The van der Waals surface area contributed by atoms with E-state index in [1.165, 1.54) is 5.56 Å². The highest BCUT2D eigenvalue weighted by atomic mass is 32.2. The number of benzene rings is 2. The number of ether oxygens (including phenoxy) is 1. The third-order valence-electron chi connectivity index (χ3n) is 4.22. The molecule has 24 heavy (non-hydrogen) atoms. The van der Waals surface area contributed by atoms with Gasteiger partial charge in [0.05, 0.1) is 17.6 Å². The summed E-state index contributed by atoms with van der Waals surface area (Å²) < 4.78 is 33.1. The minimum Gasteiger partial charge on any atom is -0.374 e. The summed E-state index contributed by atoms with van der Waals surface area (Å²) in [6, 6.07) is 15.1. The lowest BCUT2D eigenvalue weighted by atomic mass is 10.0. The van der Waals surface area contributed by atoms with Crippen molar-refractivity contribution in [3.05, 3.63) is 65.2 Å². The number of nitrogens with zero attached hydrogens (tertiary/aromatic N) is 1. The van der Waals surface area contributed by atoms with Crippen LogP contribution in [0.2, 0.25) is 0 Å². The molecule has 0 amide bonds. The van der Waals surface area contributed by atoms with Gasteiger partial charge in [0.25, 0.3) is 0 Å². The molecular formula is C19H23NO3S. The maximum absolute atomic E-state index is 13.0. The van der Waals surface area contributed by atoms with Crippen molar-refractivity contribution in [1.82, 2.24) is 4.31 Å². The minimum absolute atomic E-state index is 0.115. The number of rotatable bonds is 5. The topological polar surface area (TPSA) is 46.6 Å². The van der Waals surface area contributed by atoms with Crippen molar-refractivity contribution in [1.29, 1.82) is 0 Å². The quantitative estimate of drug-likeness (QED) is 0.835. The first-order valence-electron chi connectivity index (χ1n) is 8.24. The highest BCUT2D eigenvalue weighted by Crippen LogP contribution is 2.25. The van der Waals surface area contributed by atoms with Gasteiger partial charge in [-0.3, -0.25) is 0 Å². The summed E-state index contributed by atoms with van der Waals surface area (Å²) in [5.74, 6) is 0. The second kappa shape index (κ2) is 7.05. The molecule has 0 saturated carbocycles. The average Bonchev–Trinajstić information content (AvgIpc) is 2.59. The van der Waals surface area contributed by atoms with E-state index in [9.17, 15) is 8.42 Å². The third kappa shape index (κ3) is 3.69. The molecule has 1 aliphatic rings. The van der Waals surface area contributed by atoms with Gasteiger partial charge in [-0.15, -0.1) is 0 Å². The molecule has 0 radical (unpaired) electrons. The average molecular weight is 345 g/mol. The Morgan fingerprint density at radius 3 is 2.58 bits per heavy atom. The Labute approximate surface area is 144 Å². The van der Waals surface area contributed by atoms with E-state index in [2.05, 4.69) is 6.07 Å². The highest BCUT2D eigenvalue weighted by Gasteiger charge is 2.28. The fourth-order valence-corrected chi connectivity index (χ4v) is 4.37. The number of hydrogen-bond donors (Lipinski definition) is 0. The third-order valence-corrected chi connectivity index (χ3v) is 6.06. The van der Waals surface area contributed by atoms with Gasteiger partial charge < -0.3 is 4.74 Å². The van der Waals surface area contributed by atoms with E-state index < -0.39 is 10.0 Å². The van der Waals surface area contributed by atoms with Crippen LogP contribution in [0.3, 0.4) is 0 Å². The fourth-order valence-electron chi connectivity index (χ4n) is 2.88. The van der Waals surface area contributed by atoms with Crippen LogP contribution in [0.1, 0.15) is 30.5 Å². The molecule has 2 aromatic rings. The van der Waals surface area contributed by atoms with Crippen molar-refractivity contribution in [3.63, 3.8) is 0 Å². The van der Waals surface area contributed by atoms with Crippen LogP contribution in [0, 0.1) is 0 Å². The highest BCUT2D eigenvalue weighted by molar-refractivity contribution is 7.89. The van der Waals surface area contributed by atoms with Gasteiger partial charge in [-0.25, -0.2) is 8.42 Å². The lowest BCUT2D eigenvalue weighted by Gasteiger charge is -2.28. The van der Waals surface area contributed by atoms with Gasteiger partial charge in [0, 0.05) is 13.1 Å². The van der Waals surface area contributed by atoms with E-state index in [-0.39, 0.29) is 6.10 Å². The van der Waals surface area contributed by atoms with Crippen LogP contribution in [0.4, 0.5) is 0 Å². The molecule has 0 saturated heterocycles. The zero-order valence-corrected chi connectivity index (χ0v) is 14.9. The summed E-state index contributed by atoms with van der Waals surface area (Å²) in [4.78, 5) is 0.340. The largest absolute Gasteiger partial charge is 0.374 e. The molecule has 0 atom stereocenters. The van der Waals surface area contributed by atoms with Crippen LogP contribution in [-0.2, 0) is 34.3 Å². The molecular weight excluding hydrogens is 322 g/mol. The Morgan fingerprint density at radius 2 is 1.83 bits per heavy atom. The van der Waals surface area contributed by atoms with Gasteiger partial charge in [0.1, 0.15) is 0 Å². The zero-order chi connectivity index (χ0) is 17.2. The first-order chi connectivity index (χ1) is 11.5. The van der Waals surface area contributed by atoms with Crippen LogP contribution < -0.4 is 0 Å². The van der Waals surface area contributed by atoms with E-state index in [4.69, 9.17) is 4.74 Å². The van der Waals surface area contributed by atoms with Crippen molar-refractivity contribution in [2.75, 3.05) is 6.54 Å². The summed E-state index contributed by atoms with van der Waals surface area (Å²) in [6.45, 7) is 5.30. The lowest BCUT2D eigenvalue weighted by molar-refractivity contribution is 0.0656. The van der Waals surface area contributed by atoms with Crippen LogP contribution in [0.5, 0.6) is 0 Å². The molecule has 0 N–H and O–H groups in total.